The van der Waals surface area contributed by atoms with E-state index in [0.717, 1.165) is 42.7 Å². The third-order valence-corrected chi connectivity index (χ3v) is 6.89. The Morgan fingerprint density at radius 2 is 1.62 bits per heavy atom. The summed E-state index contributed by atoms with van der Waals surface area (Å²) in [6.45, 7) is 4.48. The number of benzene rings is 3. The van der Waals surface area contributed by atoms with Crippen LogP contribution in [0.25, 0.3) is 0 Å². The third kappa shape index (κ3) is 5.18. The lowest BCUT2D eigenvalue weighted by molar-refractivity contribution is -0.131. The van der Waals surface area contributed by atoms with Crippen molar-refractivity contribution in [2.75, 3.05) is 19.6 Å². The van der Waals surface area contributed by atoms with Gasteiger partial charge in [-0.2, -0.15) is 5.26 Å². The highest BCUT2D eigenvalue weighted by Crippen LogP contribution is 2.36. The van der Waals surface area contributed by atoms with Gasteiger partial charge in [-0.1, -0.05) is 72.8 Å². The molecule has 1 heterocycles. The molecule has 1 saturated heterocycles. The lowest BCUT2D eigenvalue weighted by atomic mass is 9.73. The highest BCUT2D eigenvalue weighted by Gasteiger charge is 2.36. The Balaban J connectivity index is 1.47. The van der Waals surface area contributed by atoms with E-state index in [4.69, 9.17) is 0 Å². The summed E-state index contributed by atoms with van der Waals surface area (Å²) in [5.41, 5.74) is 2.20. The average molecular weight is 456 g/mol. The molecule has 1 amide bonds. The number of carbonyl (C=O) groups is 1. The SMILES string of the molecule is CC(=O)N(Cc1ccc(F)cc1)C1CCN(CCC(C#N)(c2ccccc2)c2ccccc2)C1. The highest BCUT2D eigenvalue weighted by atomic mass is 19.1. The molecule has 1 aliphatic heterocycles. The molecule has 0 N–H and O–H groups in total. The summed E-state index contributed by atoms with van der Waals surface area (Å²) in [6, 6.07) is 29.1. The molecular weight excluding hydrogens is 425 g/mol. The van der Waals surface area contributed by atoms with Crippen LogP contribution in [0.2, 0.25) is 0 Å². The third-order valence-electron chi connectivity index (χ3n) is 6.89. The first-order valence-electron chi connectivity index (χ1n) is 11.8. The Bertz CT molecular complexity index is 1090. The molecule has 4 rings (SSSR count). The number of nitriles is 1. The molecule has 0 aromatic heterocycles. The van der Waals surface area contributed by atoms with E-state index in [0.29, 0.717) is 13.0 Å². The van der Waals surface area contributed by atoms with Gasteiger partial charge in [0.15, 0.2) is 0 Å². The Labute approximate surface area is 201 Å². The van der Waals surface area contributed by atoms with Gasteiger partial charge in [0.25, 0.3) is 0 Å². The molecule has 0 radical (unpaired) electrons. The van der Waals surface area contributed by atoms with Crippen molar-refractivity contribution in [3.63, 3.8) is 0 Å². The van der Waals surface area contributed by atoms with Gasteiger partial charge in [-0.15, -0.1) is 0 Å². The van der Waals surface area contributed by atoms with E-state index in [1.807, 2.05) is 65.6 Å². The van der Waals surface area contributed by atoms with Gasteiger partial charge in [0.2, 0.25) is 5.91 Å². The van der Waals surface area contributed by atoms with Gasteiger partial charge in [-0.05, 0) is 41.7 Å². The summed E-state index contributed by atoms with van der Waals surface area (Å²) in [7, 11) is 0. The van der Waals surface area contributed by atoms with E-state index in [2.05, 4.69) is 11.0 Å². The van der Waals surface area contributed by atoms with Gasteiger partial charge < -0.3 is 9.80 Å². The van der Waals surface area contributed by atoms with Crippen LogP contribution in [0.1, 0.15) is 36.5 Å². The van der Waals surface area contributed by atoms with Gasteiger partial charge in [0, 0.05) is 39.1 Å². The molecule has 4 nitrogen and oxygen atoms in total. The number of nitrogens with zero attached hydrogens (tertiary/aromatic N) is 3. The summed E-state index contributed by atoms with van der Waals surface area (Å²) in [4.78, 5) is 16.7. The monoisotopic (exact) mass is 455 g/mol. The van der Waals surface area contributed by atoms with E-state index in [-0.39, 0.29) is 17.8 Å². The minimum Gasteiger partial charge on any atom is -0.334 e. The van der Waals surface area contributed by atoms with E-state index < -0.39 is 5.41 Å². The van der Waals surface area contributed by atoms with Crippen molar-refractivity contribution in [2.24, 2.45) is 0 Å². The number of amides is 1. The zero-order valence-corrected chi connectivity index (χ0v) is 19.5. The van der Waals surface area contributed by atoms with Crippen LogP contribution in [0.3, 0.4) is 0 Å². The van der Waals surface area contributed by atoms with Crippen LogP contribution in [-0.4, -0.2) is 41.4 Å². The molecule has 1 unspecified atom stereocenters. The summed E-state index contributed by atoms with van der Waals surface area (Å²) in [5, 5.41) is 10.4. The van der Waals surface area contributed by atoms with Gasteiger partial charge in [0.05, 0.1) is 6.07 Å². The molecular formula is C29H30FN3O. The molecule has 0 spiro atoms. The van der Waals surface area contributed by atoms with Crippen molar-refractivity contribution < 1.29 is 9.18 Å². The highest BCUT2D eigenvalue weighted by molar-refractivity contribution is 5.73. The first kappa shape index (κ1) is 23.7. The van der Waals surface area contributed by atoms with Crippen LogP contribution in [0.15, 0.2) is 84.9 Å². The van der Waals surface area contributed by atoms with Crippen LogP contribution >= 0.6 is 0 Å². The van der Waals surface area contributed by atoms with Gasteiger partial charge >= 0.3 is 0 Å². The lowest BCUT2D eigenvalue weighted by Gasteiger charge is -2.31. The van der Waals surface area contributed by atoms with Crippen LogP contribution in [0.4, 0.5) is 4.39 Å². The van der Waals surface area contributed by atoms with E-state index in [1.165, 1.54) is 12.1 Å². The van der Waals surface area contributed by atoms with Gasteiger partial charge in [0.1, 0.15) is 11.2 Å². The first-order chi connectivity index (χ1) is 16.5. The Hall–Kier alpha value is -3.49. The molecule has 1 aliphatic rings. The molecule has 5 heteroatoms. The number of halogens is 1. The zero-order valence-electron chi connectivity index (χ0n) is 19.5. The molecule has 0 aliphatic carbocycles. The second-order valence-corrected chi connectivity index (χ2v) is 9.02. The first-order valence-corrected chi connectivity index (χ1v) is 11.8. The predicted octanol–water partition coefficient (Wildman–Crippen LogP) is 5.15. The van der Waals surface area contributed by atoms with Gasteiger partial charge in [-0.25, -0.2) is 4.39 Å². The summed E-state index contributed by atoms with van der Waals surface area (Å²) >= 11 is 0. The van der Waals surface area contributed by atoms with E-state index in [9.17, 15) is 14.4 Å². The number of likely N-dealkylation sites (tertiary alicyclic amines) is 1. The fourth-order valence-electron chi connectivity index (χ4n) is 4.97. The minimum atomic E-state index is -0.727. The molecule has 34 heavy (non-hydrogen) atoms. The second kappa shape index (κ2) is 10.6. The second-order valence-electron chi connectivity index (χ2n) is 9.02. The van der Waals surface area contributed by atoms with Crippen LogP contribution in [0, 0.1) is 17.1 Å². The molecule has 0 bridgehead atoms. The summed E-state index contributed by atoms with van der Waals surface area (Å²) < 4.78 is 13.3. The maximum atomic E-state index is 13.3. The summed E-state index contributed by atoms with van der Waals surface area (Å²) in [6.07, 6.45) is 1.55. The quantitative estimate of drug-likeness (QED) is 0.472. The molecule has 3 aromatic carbocycles. The van der Waals surface area contributed by atoms with Crippen LogP contribution in [-0.2, 0) is 16.8 Å². The van der Waals surface area contributed by atoms with Crippen molar-refractivity contribution in [2.45, 2.75) is 37.8 Å². The molecule has 1 fully saturated rings. The van der Waals surface area contributed by atoms with Crippen molar-refractivity contribution >= 4 is 5.91 Å². The molecule has 0 saturated carbocycles. The Morgan fingerprint density at radius 1 is 1.03 bits per heavy atom. The topological polar surface area (TPSA) is 47.3 Å². The van der Waals surface area contributed by atoms with Gasteiger partial charge in [-0.3, -0.25) is 4.79 Å². The van der Waals surface area contributed by atoms with E-state index >= 15 is 0 Å². The molecule has 174 valence electrons. The van der Waals surface area contributed by atoms with Crippen LogP contribution < -0.4 is 0 Å². The largest absolute Gasteiger partial charge is 0.334 e. The normalized spacial score (nSPS) is 16.2. The van der Waals surface area contributed by atoms with Crippen molar-refractivity contribution in [3.8, 4) is 6.07 Å². The maximum Gasteiger partial charge on any atom is 0.220 e. The number of hydrogen-bond donors (Lipinski definition) is 0. The van der Waals surface area contributed by atoms with Crippen molar-refractivity contribution in [3.05, 3.63) is 107 Å². The molecule has 3 aromatic rings. The van der Waals surface area contributed by atoms with Crippen molar-refractivity contribution in [1.29, 1.82) is 5.26 Å². The average Bonchev–Trinajstić information content (AvgIpc) is 3.34. The maximum absolute atomic E-state index is 13.3. The van der Waals surface area contributed by atoms with Crippen LogP contribution in [0.5, 0.6) is 0 Å². The lowest BCUT2D eigenvalue weighted by Crippen LogP contribution is -2.41. The number of rotatable bonds is 8. The summed E-state index contributed by atoms with van der Waals surface area (Å²) in [5.74, 6) is -0.251. The Kier molecular flexibility index (Phi) is 7.40. The standard InChI is InChI=1S/C29H30FN3O/c1-23(34)33(20-24-12-14-27(30)15-13-24)28-16-18-32(21-28)19-17-29(22-31,25-8-4-2-5-9-25)26-10-6-3-7-11-26/h2-15,28H,16-21H2,1H3. The number of carbonyl (C=O) groups excluding carboxylic acids is 1. The number of hydrogen-bond acceptors (Lipinski definition) is 3. The Morgan fingerprint density at radius 3 is 2.15 bits per heavy atom. The molecule has 1 atom stereocenters. The van der Waals surface area contributed by atoms with Crippen molar-refractivity contribution in [1.82, 2.24) is 9.80 Å². The smallest absolute Gasteiger partial charge is 0.220 e. The predicted molar refractivity (Wildman–Crippen MR) is 131 cm³/mol. The fraction of sp³-hybridized carbons (Fsp3) is 0.310. The fourth-order valence-corrected chi connectivity index (χ4v) is 4.97. The van der Waals surface area contributed by atoms with E-state index in [1.54, 1.807) is 19.1 Å². The minimum absolute atomic E-state index is 0.0242. The zero-order chi connectivity index (χ0) is 24.0.